The lowest BCUT2D eigenvalue weighted by atomic mass is 9.98. The SMILES string of the molecule is Clc1cccc(N2N=C(c3ccccc3)CC2c2ccc(Cl)cc2Cl)c1. The average Bonchev–Trinajstić information content (AvgIpc) is 3.07. The first-order chi connectivity index (χ1) is 12.6. The Kier molecular flexibility index (Phi) is 4.90. The molecule has 5 heteroatoms. The third kappa shape index (κ3) is 3.45. The van der Waals surface area contributed by atoms with Crippen molar-refractivity contribution in [2.24, 2.45) is 5.10 Å². The molecule has 1 heterocycles. The molecule has 1 unspecified atom stereocenters. The predicted octanol–water partition coefficient (Wildman–Crippen LogP) is 7.00. The van der Waals surface area contributed by atoms with Crippen LogP contribution in [0.5, 0.6) is 0 Å². The molecule has 26 heavy (non-hydrogen) atoms. The van der Waals surface area contributed by atoms with Gasteiger partial charge < -0.3 is 0 Å². The van der Waals surface area contributed by atoms with Gasteiger partial charge in [0.2, 0.25) is 0 Å². The lowest BCUT2D eigenvalue weighted by molar-refractivity contribution is 0.709. The van der Waals surface area contributed by atoms with Crippen molar-refractivity contribution in [3.05, 3.63) is 99.0 Å². The first kappa shape index (κ1) is 17.4. The van der Waals surface area contributed by atoms with Gasteiger partial charge in [0, 0.05) is 21.5 Å². The molecule has 4 rings (SSSR count). The van der Waals surface area contributed by atoms with Gasteiger partial charge in [-0.1, -0.05) is 77.3 Å². The van der Waals surface area contributed by atoms with Crippen LogP contribution < -0.4 is 5.01 Å². The van der Waals surface area contributed by atoms with Crippen molar-refractivity contribution in [3.8, 4) is 0 Å². The van der Waals surface area contributed by atoms with Crippen LogP contribution in [0.3, 0.4) is 0 Å². The zero-order valence-electron chi connectivity index (χ0n) is 13.7. The summed E-state index contributed by atoms with van der Waals surface area (Å²) in [5.74, 6) is 0. The van der Waals surface area contributed by atoms with E-state index in [-0.39, 0.29) is 6.04 Å². The molecule has 0 saturated carbocycles. The zero-order valence-corrected chi connectivity index (χ0v) is 16.0. The molecule has 1 atom stereocenters. The minimum Gasteiger partial charge on any atom is -0.257 e. The van der Waals surface area contributed by atoms with Crippen molar-refractivity contribution in [2.75, 3.05) is 5.01 Å². The molecule has 0 aromatic heterocycles. The van der Waals surface area contributed by atoms with E-state index in [2.05, 4.69) is 12.1 Å². The van der Waals surface area contributed by atoms with Gasteiger partial charge in [0.05, 0.1) is 17.4 Å². The summed E-state index contributed by atoms with van der Waals surface area (Å²) >= 11 is 18.8. The fourth-order valence-corrected chi connectivity index (χ4v) is 3.91. The van der Waals surface area contributed by atoms with Gasteiger partial charge in [-0.2, -0.15) is 5.10 Å². The monoisotopic (exact) mass is 400 g/mol. The molecule has 0 spiro atoms. The van der Waals surface area contributed by atoms with Gasteiger partial charge in [-0.15, -0.1) is 0 Å². The van der Waals surface area contributed by atoms with Crippen LogP contribution in [0.15, 0.2) is 77.9 Å². The van der Waals surface area contributed by atoms with E-state index in [1.807, 2.05) is 59.6 Å². The summed E-state index contributed by atoms with van der Waals surface area (Å²) in [6.45, 7) is 0. The van der Waals surface area contributed by atoms with Crippen LogP contribution in [0, 0.1) is 0 Å². The van der Waals surface area contributed by atoms with Crippen LogP contribution in [-0.4, -0.2) is 5.71 Å². The van der Waals surface area contributed by atoms with Crippen LogP contribution in [0.25, 0.3) is 0 Å². The van der Waals surface area contributed by atoms with Crippen molar-refractivity contribution in [1.29, 1.82) is 0 Å². The molecule has 0 fully saturated rings. The number of halogens is 3. The molecule has 0 saturated heterocycles. The molecule has 0 N–H and O–H groups in total. The van der Waals surface area contributed by atoms with E-state index < -0.39 is 0 Å². The minimum absolute atomic E-state index is 0.0200. The quantitative estimate of drug-likeness (QED) is 0.461. The first-order valence-corrected chi connectivity index (χ1v) is 9.38. The fourth-order valence-electron chi connectivity index (χ4n) is 3.19. The van der Waals surface area contributed by atoms with Crippen molar-refractivity contribution in [2.45, 2.75) is 12.5 Å². The highest BCUT2D eigenvalue weighted by atomic mass is 35.5. The van der Waals surface area contributed by atoms with E-state index in [0.29, 0.717) is 15.1 Å². The van der Waals surface area contributed by atoms with Gasteiger partial charge in [0.15, 0.2) is 0 Å². The van der Waals surface area contributed by atoms with Crippen molar-refractivity contribution < 1.29 is 0 Å². The van der Waals surface area contributed by atoms with Crippen LogP contribution in [-0.2, 0) is 0 Å². The number of benzene rings is 3. The van der Waals surface area contributed by atoms with Crippen LogP contribution in [0.4, 0.5) is 5.69 Å². The topological polar surface area (TPSA) is 15.6 Å². The minimum atomic E-state index is -0.0200. The first-order valence-electron chi connectivity index (χ1n) is 8.24. The second-order valence-corrected chi connectivity index (χ2v) is 7.40. The highest BCUT2D eigenvalue weighted by Gasteiger charge is 2.31. The van der Waals surface area contributed by atoms with Crippen LogP contribution in [0.2, 0.25) is 15.1 Å². The molecule has 3 aromatic carbocycles. The molecular weight excluding hydrogens is 387 g/mol. The molecule has 1 aliphatic rings. The van der Waals surface area contributed by atoms with Gasteiger partial charge in [-0.25, -0.2) is 0 Å². The summed E-state index contributed by atoms with van der Waals surface area (Å²) in [7, 11) is 0. The highest BCUT2D eigenvalue weighted by molar-refractivity contribution is 6.35. The predicted molar refractivity (Wildman–Crippen MR) is 111 cm³/mol. The van der Waals surface area contributed by atoms with Crippen LogP contribution in [0.1, 0.15) is 23.6 Å². The second kappa shape index (κ2) is 7.32. The third-order valence-corrected chi connectivity index (χ3v) is 5.21. The Labute approximate surface area is 167 Å². The van der Waals surface area contributed by atoms with Gasteiger partial charge in [-0.3, -0.25) is 5.01 Å². The normalized spacial score (nSPS) is 16.7. The Morgan fingerprint density at radius 2 is 1.58 bits per heavy atom. The van der Waals surface area contributed by atoms with E-state index in [1.165, 1.54) is 0 Å². The number of hydrogen-bond acceptors (Lipinski definition) is 2. The smallest absolute Gasteiger partial charge is 0.0846 e. The molecule has 0 bridgehead atoms. The van der Waals surface area contributed by atoms with Gasteiger partial charge in [0.25, 0.3) is 0 Å². The maximum atomic E-state index is 6.50. The summed E-state index contributed by atoms with van der Waals surface area (Å²) in [4.78, 5) is 0. The van der Waals surface area contributed by atoms with E-state index in [4.69, 9.17) is 39.9 Å². The summed E-state index contributed by atoms with van der Waals surface area (Å²) in [6.07, 6.45) is 0.748. The maximum absolute atomic E-state index is 6.50. The Balaban J connectivity index is 1.79. The van der Waals surface area contributed by atoms with E-state index >= 15 is 0 Å². The molecule has 2 nitrogen and oxygen atoms in total. The molecule has 3 aromatic rings. The summed E-state index contributed by atoms with van der Waals surface area (Å²) in [6, 6.07) is 23.5. The maximum Gasteiger partial charge on any atom is 0.0846 e. The third-order valence-electron chi connectivity index (χ3n) is 4.41. The van der Waals surface area contributed by atoms with Gasteiger partial charge in [0.1, 0.15) is 0 Å². The van der Waals surface area contributed by atoms with Crippen molar-refractivity contribution >= 4 is 46.2 Å². The molecule has 0 radical (unpaired) electrons. The van der Waals surface area contributed by atoms with Crippen LogP contribution >= 0.6 is 34.8 Å². The highest BCUT2D eigenvalue weighted by Crippen LogP contribution is 2.40. The Morgan fingerprint density at radius 1 is 0.808 bits per heavy atom. The van der Waals surface area contributed by atoms with Gasteiger partial charge >= 0.3 is 0 Å². The number of hydrogen-bond donors (Lipinski definition) is 0. The van der Waals surface area contributed by atoms with Gasteiger partial charge in [-0.05, 0) is 41.5 Å². The number of nitrogens with zero attached hydrogens (tertiary/aromatic N) is 2. The lowest BCUT2D eigenvalue weighted by Crippen LogP contribution is -2.18. The molecule has 0 amide bonds. The number of hydrazone groups is 1. The Bertz CT molecular complexity index is 970. The second-order valence-electron chi connectivity index (χ2n) is 6.12. The van der Waals surface area contributed by atoms with E-state index in [9.17, 15) is 0 Å². The Hall–Kier alpha value is -2.00. The summed E-state index contributed by atoms with van der Waals surface area (Å²) < 4.78 is 0. The Morgan fingerprint density at radius 3 is 2.31 bits per heavy atom. The van der Waals surface area contributed by atoms with E-state index in [0.717, 1.165) is 28.9 Å². The molecule has 0 aliphatic carbocycles. The summed E-state index contributed by atoms with van der Waals surface area (Å²) in [5.41, 5.74) is 4.04. The molecule has 130 valence electrons. The molecule has 1 aliphatic heterocycles. The van der Waals surface area contributed by atoms with E-state index in [1.54, 1.807) is 6.07 Å². The largest absolute Gasteiger partial charge is 0.257 e. The number of anilines is 1. The lowest BCUT2D eigenvalue weighted by Gasteiger charge is -2.25. The molecular formula is C21H15Cl3N2. The average molecular weight is 402 g/mol. The van der Waals surface area contributed by atoms with Crippen molar-refractivity contribution in [3.63, 3.8) is 0 Å². The fraction of sp³-hybridized carbons (Fsp3) is 0.0952. The number of rotatable bonds is 3. The summed E-state index contributed by atoms with van der Waals surface area (Å²) in [5, 5.41) is 8.81. The van der Waals surface area contributed by atoms with Crippen molar-refractivity contribution in [1.82, 2.24) is 0 Å². The zero-order chi connectivity index (χ0) is 18.1. The standard InChI is InChI=1S/C21H15Cl3N2/c22-15-7-4-8-17(11-15)26-21(18-10-9-16(23)12-19(18)24)13-20(25-26)14-5-2-1-3-6-14/h1-12,21H,13H2.